The summed E-state index contributed by atoms with van der Waals surface area (Å²) in [4.78, 5) is 34.9. The fourth-order valence-corrected chi connectivity index (χ4v) is 1.99. The predicted molar refractivity (Wildman–Crippen MR) is 95.5 cm³/mol. The molecule has 2 rings (SSSR count). The van der Waals surface area contributed by atoms with Crippen molar-refractivity contribution in [2.24, 2.45) is 0 Å². The minimum absolute atomic E-state index is 0.109. The van der Waals surface area contributed by atoms with Crippen molar-refractivity contribution in [3.63, 3.8) is 0 Å². The van der Waals surface area contributed by atoms with Crippen molar-refractivity contribution in [1.29, 1.82) is 0 Å². The van der Waals surface area contributed by atoms with Crippen LogP contribution >= 0.6 is 0 Å². The van der Waals surface area contributed by atoms with E-state index in [0.29, 0.717) is 5.75 Å². The van der Waals surface area contributed by atoms with E-state index in [-0.39, 0.29) is 37.9 Å². The fourth-order valence-electron chi connectivity index (χ4n) is 1.99. The van der Waals surface area contributed by atoms with Gasteiger partial charge in [0.1, 0.15) is 18.1 Å². The van der Waals surface area contributed by atoms with E-state index in [2.05, 4.69) is 16.0 Å². The average molecular weight is 375 g/mol. The maximum atomic E-state index is 11.7. The van der Waals surface area contributed by atoms with Gasteiger partial charge in [-0.05, 0) is 36.4 Å². The normalized spacial score (nSPS) is 9.96. The van der Waals surface area contributed by atoms with Crippen molar-refractivity contribution in [3.05, 3.63) is 48.4 Å². The van der Waals surface area contributed by atoms with Crippen LogP contribution in [0.15, 0.2) is 47.1 Å². The lowest BCUT2D eigenvalue weighted by molar-refractivity contribution is -0.125. The number of amides is 3. The first-order chi connectivity index (χ1) is 13.1. The van der Waals surface area contributed by atoms with Crippen molar-refractivity contribution in [3.8, 4) is 11.5 Å². The largest absolute Gasteiger partial charge is 0.497 e. The molecule has 0 bridgehead atoms. The topological polar surface area (TPSA) is 119 Å². The Morgan fingerprint density at radius 2 is 1.59 bits per heavy atom. The van der Waals surface area contributed by atoms with Crippen molar-refractivity contribution in [1.82, 2.24) is 16.0 Å². The Kier molecular flexibility index (Phi) is 7.70. The highest BCUT2D eigenvalue weighted by atomic mass is 16.5. The van der Waals surface area contributed by atoms with Crippen LogP contribution in [0.1, 0.15) is 10.6 Å². The van der Waals surface area contributed by atoms with E-state index in [1.165, 1.54) is 12.3 Å². The third-order valence-corrected chi connectivity index (χ3v) is 3.35. The highest BCUT2D eigenvalue weighted by Gasteiger charge is 2.10. The van der Waals surface area contributed by atoms with Crippen molar-refractivity contribution >= 4 is 17.7 Å². The summed E-state index contributed by atoms with van der Waals surface area (Å²) in [6, 6.07) is 10.1. The standard InChI is InChI=1S/C18H21N3O6/c1-25-13-4-6-14(7-5-13)26-10-8-19-16(22)11-20-17(23)12-21-18(24)15-3-2-9-27-15/h2-7,9H,8,10-12H2,1H3,(H,19,22)(H,20,23)(H,21,24). The Morgan fingerprint density at radius 3 is 2.26 bits per heavy atom. The molecule has 0 atom stereocenters. The lowest BCUT2D eigenvalue weighted by Crippen LogP contribution is -2.42. The maximum absolute atomic E-state index is 11.7. The van der Waals surface area contributed by atoms with Gasteiger partial charge in [-0.1, -0.05) is 0 Å². The molecule has 3 amide bonds. The molecule has 0 aliphatic rings. The van der Waals surface area contributed by atoms with Crippen LogP contribution in [0, 0.1) is 0 Å². The molecule has 0 saturated heterocycles. The molecule has 0 aliphatic heterocycles. The van der Waals surface area contributed by atoms with Gasteiger partial charge in [0.25, 0.3) is 5.91 Å². The number of ether oxygens (including phenoxy) is 2. The molecule has 1 aromatic carbocycles. The van der Waals surface area contributed by atoms with Crippen molar-refractivity contribution < 1.29 is 28.3 Å². The summed E-state index contributed by atoms with van der Waals surface area (Å²) >= 11 is 0. The molecule has 144 valence electrons. The van der Waals surface area contributed by atoms with E-state index in [0.717, 1.165) is 5.75 Å². The van der Waals surface area contributed by atoms with Crippen LogP contribution in [-0.2, 0) is 9.59 Å². The first-order valence-corrected chi connectivity index (χ1v) is 8.20. The second-order valence-corrected chi connectivity index (χ2v) is 5.31. The lowest BCUT2D eigenvalue weighted by atomic mass is 10.3. The molecule has 1 heterocycles. The van der Waals surface area contributed by atoms with Crippen LogP contribution in [0.2, 0.25) is 0 Å². The highest BCUT2D eigenvalue weighted by molar-refractivity contribution is 5.94. The third-order valence-electron chi connectivity index (χ3n) is 3.35. The second kappa shape index (κ2) is 10.5. The molecule has 0 aliphatic carbocycles. The molecule has 3 N–H and O–H groups in total. The lowest BCUT2D eigenvalue weighted by Gasteiger charge is -2.09. The van der Waals surface area contributed by atoms with Gasteiger partial charge >= 0.3 is 0 Å². The predicted octanol–water partition coefficient (Wildman–Crippen LogP) is 0.329. The van der Waals surface area contributed by atoms with Gasteiger partial charge in [-0.3, -0.25) is 14.4 Å². The van der Waals surface area contributed by atoms with Gasteiger partial charge in [0.05, 0.1) is 33.0 Å². The summed E-state index contributed by atoms with van der Waals surface area (Å²) in [6.07, 6.45) is 1.36. The van der Waals surface area contributed by atoms with Crippen molar-refractivity contribution in [2.75, 3.05) is 33.4 Å². The first kappa shape index (κ1) is 19.8. The fraction of sp³-hybridized carbons (Fsp3) is 0.278. The molecule has 9 heteroatoms. The summed E-state index contributed by atoms with van der Waals surface area (Å²) in [5, 5.41) is 7.40. The summed E-state index contributed by atoms with van der Waals surface area (Å²) in [5.41, 5.74) is 0. The van der Waals surface area contributed by atoms with Crippen LogP contribution < -0.4 is 25.4 Å². The first-order valence-electron chi connectivity index (χ1n) is 8.20. The van der Waals surface area contributed by atoms with Crippen LogP contribution in [-0.4, -0.2) is 51.1 Å². The van der Waals surface area contributed by atoms with Gasteiger partial charge in [0.2, 0.25) is 11.8 Å². The van der Waals surface area contributed by atoms with Crippen LogP contribution in [0.3, 0.4) is 0 Å². The highest BCUT2D eigenvalue weighted by Crippen LogP contribution is 2.16. The summed E-state index contributed by atoms with van der Waals surface area (Å²) in [7, 11) is 1.58. The quantitative estimate of drug-likeness (QED) is 0.515. The van der Waals surface area contributed by atoms with Crippen LogP contribution in [0.5, 0.6) is 11.5 Å². The average Bonchev–Trinajstić information content (AvgIpc) is 3.23. The molecule has 0 saturated carbocycles. The van der Waals surface area contributed by atoms with Gasteiger partial charge in [-0.2, -0.15) is 0 Å². The number of carbonyl (C=O) groups is 3. The van der Waals surface area contributed by atoms with Gasteiger partial charge in [-0.15, -0.1) is 0 Å². The molecule has 2 aromatic rings. The maximum Gasteiger partial charge on any atom is 0.287 e. The minimum Gasteiger partial charge on any atom is -0.497 e. The van der Waals surface area contributed by atoms with Gasteiger partial charge < -0.3 is 29.8 Å². The zero-order chi connectivity index (χ0) is 19.5. The smallest absolute Gasteiger partial charge is 0.287 e. The second-order valence-electron chi connectivity index (χ2n) is 5.31. The zero-order valence-electron chi connectivity index (χ0n) is 14.8. The minimum atomic E-state index is -0.504. The van der Waals surface area contributed by atoms with Gasteiger partial charge in [0.15, 0.2) is 5.76 Å². The Balaban J connectivity index is 1.54. The Hall–Kier alpha value is -3.49. The molecule has 1 aromatic heterocycles. The number of benzene rings is 1. The Bertz CT molecular complexity index is 743. The van der Waals surface area contributed by atoms with E-state index in [1.807, 2.05) is 0 Å². The van der Waals surface area contributed by atoms with Crippen LogP contribution in [0.25, 0.3) is 0 Å². The number of carbonyl (C=O) groups excluding carboxylic acids is 3. The molecule has 0 radical (unpaired) electrons. The number of rotatable bonds is 10. The summed E-state index contributed by atoms with van der Waals surface area (Å²) < 4.78 is 15.4. The number of methoxy groups -OCH3 is 1. The van der Waals surface area contributed by atoms with Gasteiger partial charge in [-0.25, -0.2) is 0 Å². The monoisotopic (exact) mass is 375 g/mol. The molecular weight excluding hydrogens is 354 g/mol. The summed E-state index contributed by atoms with van der Waals surface area (Å²) in [6.45, 7) is 0.118. The Labute approximate surface area is 156 Å². The van der Waals surface area contributed by atoms with E-state index in [9.17, 15) is 14.4 Å². The SMILES string of the molecule is COc1ccc(OCCNC(=O)CNC(=O)CNC(=O)c2ccco2)cc1. The molecule has 0 fully saturated rings. The molecule has 0 spiro atoms. The van der Waals surface area contributed by atoms with E-state index < -0.39 is 11.8 Å². The number of hydrogen-bond donors (Lipinski definition) is 3. The van der Waals surface area contributed by atoms with Crippen LogP contribution in [0.4, 0.5) is 0 Å². The van der Waals surface area contributed by atoms with Gasteiger partial charge in [0, 0.05) is 0 Å². The van der Waals surface area contributed by atoms with Crippen molar-refractivity contribution in [2.45, 2.75) is 0 Å². The summed E-state index contributed by atoms with van der Waals surface area (Å²) in [5.74, 6) is 0.142. The molecule has 0 unspecified atom stereocenters. The zero-order valence-corrected chi connectivity index (χ0v) is 14.8. The third kappa shape index (κ3) is 7.10. The number of furan rings is 1. The Morgan fingerprint density at radius 1 is 0.926 bits per heavy atom. The van der Waals surface area contributed by atoms with E-state index in [1.54, 1.807) is 37.4 Å². The molecule has 27 heavy (non-hydrogen) atoms. The van der Waals surface area contributed by atoms with E-state index >= 15 is 0 Å². The number of hydrogen-bond acceptors (Lipinski definition) is 6. The van der Waals surface area contributed by atoms with E-state index in [4.69, 9.17) is 13.9 Å². The molecular formula is C18H21N3O6. The molecule has 9 nitrogen and oxygen atoms in total. The number of nitrogens with one attached hydrogen (secondary N) is 3.